The number of hydrogen-bond acceptors (Lipinski definition) is 3. The highest BCUT2D eigenvalue weighted by molar-refractivity contribution is 6.05. The topological polar surface area (TPSA) is 46.5 Å². The van der Waals surface area contributed by atoms with E-state index in [1.807, 2.05) is 0 Å². The predicted octanol–water partition coefficient (Wildman–Crippen LogP) is -0.370. The molecule has 9 heavy (non-hydrogen) atoms. The maximum Gasteiger partial charge on any atom is 0.378 e. The highest BCUT2D eigenvalue weighted by Gasteiger charge is 2.17. The summed E-state index contributed by atoms with van der Waals surface area (Å²) in [5, 5.41) is 8.77. The Balaban J connectivity index is 3.72. The number of carbonyl (C=O) groups excluding carboxylic acids is 1. The van der Waals surface area contributed by atoms with Crippen LogP contribution in [0.15, 0.2) is 0 Å². The molecule has 0 saturated carbocycles. The highest BCUT2D eigenvalue weighted by Crippen LogP contribution is 2.02. The molecule has 0 saturated heterocycles. The average molecular weight is 128 g/mol. The second-order valence-electron chi connectivity index (χ2n) is 1.97. The first-order chi connectivity index (χ1) is 4.09. The predicted molar refractivity (Wildman–Crippen MR) is 32.7 cm³/mol. The van der Waals surface area contributed by atoms with Gasteiger partial charge in [-0.1, -0.05) is 0 Å². The summed E-state index contributed by atoms with van der Waals surface area (Å²) in [7, 11) is 4.55. The minimum absolute atomic E-state index is 0.546. The normalized spacial score (nSPS) is 16.3. The summed E-state index contributed by atoms with van der Waals surface area (Å²) in [5.74, 6) is -1.14. The molecule has 4 heteroatoms. The Morgan fingerprint density at radius 3 is 2.22 bits per heavy atom. The third-order valence-corrected chi connectivity index (χ3v) is 1.21. The maximum absolute atomic E-state index is 10.4. The van der Waals surface area contributed by atoms with E-state index in [0.717, 1.165) is 0 Å². The molecule has 0 bridgehead atoms. The zero-order valence-corrected chi connectivity index (χ0v) is 5.50. The Morgan fingerprint density at radius 2 is 2.11 bits per heavy atom. The van der Waals surface area contributed by atoms with Gasteiger partial charge in [-0.05, 0) is 13.8 Å². The van der Waals surface area contributed by atoms with Crippen molar-refractivity contribution in [2.24, 2.45) is 5.92 Å². The van der Waals surface area contributed by atoms with E-state index in [2.05, 4.69) is 12.7 Å². The minimum atomic E-state index is -0.707. The minimum Gasteiger partial charge on any atom is -0.543 e. The summed E-state index contributed by atoms with van der Waals surface area (Å²) in [6.45, 7) is 3.04. The summed E-state index contributed by atoms with van der Waals surface area (Å²) >= 11 is 0. The third kappa shape index (κ3) is 2.51. The van der Waals surface area contributed by atoms with Crippen molar-refractivity contribution in [2.45, 2.75) is 20.0 Å². The molecule has 0 unspecified atom stereocenters. The molecule has 50 valence electrons. The Kier molecular flexibility index (Phi) is 3.31. The number of rotatable bonds is 2. The largest absolute Gasteiger partial charge is 0.543 e. The zero-order valence-electron chi connectivity index (χ0n) is 5.50. The van der Waals surface area contributed by atoms with E-state index in [0.29, 0.717) is 0 Å². The van der Waals surface area contributed by atoms with Crippen molar-refractivity contribution in [1.29, 1.82) is 0 Å². The fraction of sp³-hybridized carbons (Fsp3) is 0.800. The van der Waals surface area contributed by atoms with Crippen LogP contribution in [-0.2, 0) is 9.45 Å². The Bertz CT molecular complexity index is 102. The van der Waals surface area contributed by atoms with Crippen molar-refractivity contribution in [2.75, 3.05) is 0 Å². The van der Waals surface area contributed by atoms with Crippen LogP contribution in [0.2, 0.25) is 0 Å². The van der Waals surface area contributed by atoms with Gasteiger partial charge in [-0.15, -0.1) is 0 Å². The Hall–Kier alpha value is -0.505. The summed E-state index contributed by atoms with van der Waals surface area (Å²) in [4.78, 5) is 10.4. The van der Waals surface area contributed by atoms with E-state index in [4.69, 9.17) is 5.11 Å². The van der Waals surface area contributed by atoms with Gasteiger partial charge in [0, 0.05) is 0 Å². The summed E-state index contributed by atoms with van der Waals surface area (Å²) in [6.07, 6.45) is -0.707. The van der Waals surface area contributed by atoms with Crippen LogP contribution in [0.4, 0.5) is 0 Å². The van der Waals surface area contributed by atoms with Crippen LogP contribution < -0.4 is 0 Å². The first-order valence-electron chi connectivity index (χ1n) is 2.68. The van der Waals surface area contributed by atoms with Gasteiger partial charge in [0.15, 0.2) is 0 Å². The lowest BCUT2D eigenvalue weighted by molar-refractivity contribution is -0.141. The molecule has 0 fully saturated rings. The molecule has 0 aliphatic rings. The van der Waals surface area contributed by atoms with Crippen molar-refractivity contribution in [3.8, 4) is 0 Å². The number of carbonyl (C=O) groups is 1. The molecule has 0 amide bonds. The van der Waals surface area contributed by atoms with Crippen LogP contribution in [-0.4, -0.2) is 25.2 Å². The number of aliphatic hydroxyl groups is 1. The molecule has 2 radical (unpaired) electrons. The van der Waals surface area contributed by atoms with E-state index >= 15 is 0 Å². The van der Waals surface area contributed by atoms with Gasteiger partial charge < -0.3 is 9.76 Å². The number of hydrogen-bond donors (Lipinski definition) is 1. The van der Waals surface area contributed by atoms with Gasteiger partial charge in [0.25, 0.3) is 5.97 Å². The number of aliphatic hydroxyl groups excluding tert-OH is 1. The van der Waals surface area contributed by atoms with Gasteiger partial charge in [0.2, 0.25) is 0 Å². The maximum atomic E-state index is 10.4. The standard InChI is InChI=1S/C5H9BO3/c1-3(4(2)7)5(8)9-6/h3-4,7H,1-2H3/t3-,4+/m0/s1. The molecule has 0 aliphatic carbocycles. The van der Waals surface area contributed by atoms with E-state index in [1.165, 1.54) is 6.92 Å². The second kappa shape index (κ2) is 3.51. The van der Waals surface area contributed by atoms with Gasteiger partial charge in [-0.2, -0.15) is 0 Å². The quantitative estimate of drug-likeness (QED) is 0.516. The molecule has 0 aromatic heterocycles. The van der Waals surface area contributed by atoms with Gasteiger partial charge in [-0.3, -0.25) is 4.79 Å². The first-order valence-corrected chi connectivity index (χ1v) is 2.68. The van der Waals surface area contributed by atoms with Crippen LogP contribution in [0.1, 0.15) is 13.8 Å². The van der Waals surface area contributed by atoms with Crippen LogP contribution >= 0.6 is 0 Å². The van der Waals surface area contributed by atoms with Crippen molar-refractivity contribution < 1.29 is 14.6 Å². The van der Waals surface area contributed by atoms with E-state index in [-0.39, 0.29) is 0 Å². The van der Waals surface area contributed by atoms with Gasteiger partial charge in [0.1, 0.15) is 0 Å². The Morgan fingerprint density at radius 1 is 1.67 bits per heavy atom. The van der Waals surface area contributed by atoms with Crippen LogP contribution in [0.5, 0.6) is 0 Å². The van der Waals surface area contributed by atoms with Crippen LogP contribution in [0, 0.1) is 5.92 Å². The molecule has 0 aromatic rings. The van der Waals surface area contributed by atoms with Gasteiger partial charge >= 0.3 is 8.05 Å². The van der Waals surface area contributed by atoms with E-state index in [1.54, 1.807) is 6.92 Å². The van der Waals surface area contributed by atoms with Crippen molar-refractivity contribution in [1.82, 2.24) is 0 Å². The lowest BCUT2D eigenvalue weighted by Gasteiger charge is -2.10. The zero-order chi connectivity index (χ0) is 7.44. The van der Waals surface area contributed by atoms with Crippen LogP contribution in [0.3, 0.4) is 0 Å². The molecule has 1 N–H and O–H groups in total. The van der Waals surface area contributed by atoms with E-state index in [9.17, 15) is 4.79 Å². The van der Waals surface area contributed by atoms with Gasteiger partial charge in [-0.25, -0.2) is 0 Å². The van der Waals surface area contributed by atoms with Crippen LogP contribution in [0.25, 0.3) is 0 Å². The highest BCUT2D eigenvalue weighted by atomic mass is 16.5. The lowest BCUT2D eigenvalue weighted by atomic mass is 10.1. The Labute approximate surface area is 55.5 Å². The first kappa shape index (κ1) is 8.49. The second-order valence-corrected chi connectivity index (χ2v) is 1.97. The van der Waals surface area contributed by atoms with Crippen molar-refractivity contribution >= 4 is 14.0 Å². The summed E-state index contributed by atoms with van der Waals surface area (Å²) < 4.78 is 3.87. The van der Waals surface area contributed by atoms with E-state index < -0.39 is 18.0 Å². The lowest BCUT2D eigenvalue weighted by Crippen LogP contribution is -2.24. The molecule has 0 spiro atoms. The molecule has 2 atom stereocenters. The molecule has 0 rings (SSSR count). The molecular formula is C5H9BO3. The third-order valence-electron chi connectivity index (χ3n) is 1.21. The van der Waals surface area contributed by atoms with Gasteiger partial charge in [0.05, 0.1) is 12.0 Å². The molecule has 3 nitrogen and oxygen atoms in total. The molecule has 0 aliphatic heterocycles. The average Bonchev–Trinajstić information content (AvgIpc) is 1.84. The molecule has 0 heterocycles. The smallest absolute Gasteiger partial charge is 0.378 e. The fourth-order valence-corrected chi connectivity index (χ4v) is 0.304. The van der Waals surface area contributed by atoms with Crippen molar-refractivity contribution in [3.63, 3.8) is 0 Å². The monoisotopic (exact) mass is 128 g/mol. The van der Waals surface area contributed by atoms with Crippen molar-refractivity contribution in [3.05, 3.63) is 0 Å². The fourth-order valence-electron chi connectivity index (χ4n) is 0.304. The molecular weight excluding hydrogens is 119 g/mol. The SMILES string of the molecule is [B]OC(=O)[C@@H](C)[C@@H](C)O. The molecule has 0 aromatic carbocycles. The summed E-state index contributed by atoms with van der Waals surface area (Å²) in [6, 6.07) is 0. The summed E-state index contributed by atoms with van der Waals surface area (Å²) in [5.41, 5.74) is 0.